The Bertz CT molecular complexity index is 175. The topological polar surface area (TPSA) is 50.4 Å². The highest BCUT2D eigenvalue weighted by molar-refractivity contribution is 5.76. The number of hydrogen-bond donors (Lipinski definition) is 2. The van der Waals surface area contributed by atoms with Crippen molar-refractivity contribution in [2.75, 3.05) is 7.11 Å². The number of hydrazine groups is 1. The highest BCUT2D eigenvalue weighted by atomic mass is 16.5. The standard InChI is InChI=1S/C7H12N2O2/c1-11-7(10)6-4-2-5(3-4)8-9-6/h4-6,8-9H,2-3H2,1H3/t4?,5?,6-/m1/s1. The molecule has 0 unspecified atom stereocenters. The fourth-order valence-electron chi connectivity index (χ4n) is 1.76. The van der Waals surface area contributed by atoms with E-state index in [-0.39, 0.29) is 12.0 Å². The van der Waals surface area contributed by atoms with Gasteiger partial charge in [0, 0.05) is 6.04 Å². The maximum absolute atomic E-state index is 11.1. The smallest absolute Gasteiger partial charge is 0.324 e. The summed E-state index contributed by atoms with van der Waals surface area (Å²) in [6.07, 6.45) is 2.21. The number of esters is 1. The fourth-order valence-corrected chi connectivity index (χ4v) is 1.76. The first-order valence-electron chi connectivity index (χ1n) is 3.90. The van der Waals surface area contributed by atoms with E-state index < -0.39 is 0 Å². The summed E-state index contributed by atoms with van der Waals surface area (Å²) in [7, 11) is 1.43. The van der Waals surface area contributed by atoms with Crippen molar-refractivity contribution in [3.8, 4) is 0 Å². The van der Waals surface area contributed by atoms with E-state index in [1.807, 2.05) is 0 Å². The first kappa shape index (κ1) is 7.06. The minimum absolute atomic E-state index is 0.120. The lowest BCUT2D eigenvalue weighted by Crippen LogP contribution is -2.66. The summed E-state index contributed by atoms with van der Waals surface area (Å²) in [5, 5.41) is 0. The largest absolute Gasteiger partial charge is 0.468 e. The van der Waals surface area contributed by atoms with Gasteiger partial charge >= 0.3 is 5.97 Å². The molecule has 2 N–H and O–H groups in total. The molecule has 2 heterocycles. The van der Waals surface area contributed by atoms with E-state index in [9.17, 15) is 4.79 Å². The molecule has 11 heavy (non-hydrogen) atoms. The number of rotatable bonds is 1. The second-order valence-corrected chi connectivity index (χ2v) is 3.22. The van der Waals surface area contributed by atoms with Gasteiger partial charge in [0.25, 0.3) is 0 Å². The molecule has 2 saturated heterocycles. The molecule has 3 rings (SSSR count). The van der Waals surface area contributed by atoms with E-state index in [4.69, 9.17) is 0 Å². The molecule has 0 radical (unpaired) electrons. The van der Waals surface area contributed by atoms with Crippen molar-refractivity contribution >= 4 is 5.97 Å². The Morgan fingerprint density at radius 2 is 2.18 bits per heavy atom. The zero-order chi connectivity index (χ0) is 7.84. The molecule has 1 atom stereocenters. The lowest BCUT2D eigenvalue weighted by atomic mass is 9.74. The van der Waals surface area contributed by atoms with E-state index in [0.717, 1.165) is 12.8 Å². The second kappa shape index (κ2) is 2.46. The quantitative estimate of drug-likeness (QED) is 0.498. The molecule has 0 aromatic heterocycles. The molecule has 0 spiro atoms. The molecule has 62 valence electrons. The lowest BCUT2D eigenvalue weighted by molar-refractivity contribution is -0.148. The highest BCUT2D eigenvalue weighted by Crippen LogP contribution is 2.33. The number of nitrogens with one attached hydrogen (secondary N) is 2. The van der Waals surface area contributed by atoms with Crippen molar-refractivity contribution in [2.45, 2.75) is 24.9 Å². The first-order valence-corrected chi connectivity index (χ1v) is 3.90. The number of carbonyl (C=O) groups is 1. The normalized spacial score (nSPS) is 41.0. The van der Waals surface area contributed by atoms with Gasteiger partial charge in [0.15, 0.2) is 0 Å². The summed E-state index contributed by atoms with van der Waals surface area (Å²) in [6, 6.07) is 0.464. The first-order chi connectivity index (χ1) is 5.31. The molecule has 0 amide bonds. The lowest BCUT2D eigenvalue weighted by Gasteiger charge is -2.46. The van der Waals surface area contributed by atoms with E-state index in [0.29, 0.717) is 12.0 Å². The third kappa shape index (κ3) is 1.02. The van der Waals surface area contributed by atoms with Crippen molar-refractivity contribution in [1.29, 1.82) is 0 Å². The van der Waals surface area contributed by atoms with Crippen LogP contribution in [0.3, 0.4) is 0 Å². The molecular weight excluding hydrogens is 144 g/mol. The van der Waals surface area contributed by atoms with Gasteiger partial charge in [-0.05, 0) is 18.8 Å². The Morgan fingerprint density at radius 3 is 2.64 bits per heavy atom. The van der Waals surface area contributed by atoms with Crippen LogP contribution in [-0.4, -0.2) is 25.2 Å². The van der Waals surface area contributed by atoms with Crippen molar-refractivity contribution < 1.29 is 9.53 Å². The molecule has 4 nitrogen and oxygen atoms in total. The van der Waals surface area contributed by atoms with Gasteiger partial charge in [-0.15, -0.1) is 0 Å². The highest BCUT2D eigenvalue weighted by Gasteiger charge is 2.43. The third-order valence-electron chi connectivity index (χ3n) is 2.54. The van der Waals surface area contributed by atoms with Crippen molar-refractivity contribution in [3.63, 3.8) is 0 Å². The molecule has 4 heteroatoms. The average molecular weight is 156 g/mol. The Labute approximate surface area is 65.3 Å². The predicted octanol–water partition coefficient (Wildman–Crippen LogP) is -0.586. The third-order valence-corrected chi connectivity index (χ3v) is 2.54. The van der Waals surface area contributed by atoms with Crippen LogP contribution >= 0.6 is 0 Å². The second-order valence-electron chi connectivity index (χ2n) is 3.22. The number of methoxy groups -OCH3 is 1. The molecule has 1 saturated carbocycles. The molecule has 2 bridgehead atoms. The molecule has 0 aromatic rings. The molecule has 3 aliphatic rings. The Balaban J connectivity index is 1.97. The van der Waals surface area contributed by atoms with Gasteiger partial charge in [-0.25, -0.2) is 5.43 Å². The van der Waals surface area contributed by atoms with Gasteiger partial charge < -0.3 is 4.74 Å². The summed E-state index contributed by atoms with van der Waals surface area (Å²) in [4.78, 5) is 11.1. The summed E-state index contributed by atoms with van der Waals surface area (Å²) in [5.41, 5.74) is 6.01. The molecular formula is C7H12N2O2. The Kier molecular flexibility index (Phi) is 1.58. The van der Waals surface area contributed by atoms with Crippen LogP contribution in [0.2, 0.25) is 0 Å². The van der Waals surface area contributed by atoms with Crippen LogP contribution in [-0.2, 0) is 9.53 Å². The van der Waals surface area contributed by atoms with E-state index in [1.165, 1.54) is 7.11 Å². The predicted molar refractivity (Wildman–Crippen MR) is 38.6 cm³/mol. The van der Waals surface area contributed by atoms with Crippen molar-refractivity contribution in [1.82, 2.24) is 10.9 Å². The number of carbonyl (C=O) groups excluding carboxylic acids is 1. The Hall–Kier alpha value is -0.610. The van der Waals surface area contributed by atoms with Gasteiger partial charge in [0.05, 0.1) is 7.11 Å². The van der Waals surface area contributed by atoms with Crippen molar-refractivity contribution in [3.05, 3.63) is 0 Å². The van der Waals surface area contributed by atoms with E-state index in [2.05, 4.69) is 15.6 Å². The summed E-state index contributed by atoms with van der Waals surface area (Å²) < 4.78 is 4.64. The maximum Gasteiger partial charge on any atom is 0.324 e. The molecule has 1 aliphatic carbocycles. The summed E-state index contributed by atoms with van der Waals surface area (Å²) >= 11 is 0. The van der Waals surface area contributed by atoms with Gasteiger partial charge in [-0.3, -0.25) is 10.2 Å². The Morgan fingerprint density at radius 1 is 1.45 bits per heavy atom. The summed E-state index contributed by atoms with van der Waals surface area (Å²) in [5.74, 6) is 0.342. The minimum Gasteiger partial charge on any atom is -0.468 e. The van der Waals surface area contributed by atoms with Crippen LogP contribution in [0.5, 0.6) is 0 Å². The number of ether oxygens (including phenoxy) is 1. The van der Waals surface area contributed by atoms with Gasteiger partial charge in [0.2, 0.25) is 0 Å². The zero-order valence-electron chi connectivity index (χ0n) is 6.46. The van der Waals surface area contributed by atoms with Crippen LogP contribution in [0.15, 0.2) is 0 Å². The van der Waals surface area contributed by atoms with Gasteiger partial charge in [-0.2, -0.15) is 0 Å². The monoisotopic (exact) mass is 156 g/mol. The molecule has 0 aromatic carbocycles. The van der Waals surface area contributed by atoms with E-state index in [1.54, 1.807) is 0 Å². The van der Waals surface area contributed by atoms with Gasteiger partial charge in [0.1, 0.15) is 6.04 Å². The van der Waals surface area contributed by atoms with Crippen LogP contribution in [0.1, 0.15) is 12.8 Å². The molecule has 3 fully saturated rings. The van der Waals surface area contributed by atoms with E-state index >= 15 is 0 Å². The summed E-state index contributed by atoms with van der Waals surface area (Å²) in [6.45, 7) is 0. The van der Waals surface area contributed by atoms with Crippen LogP contribution < -0.4 is 10.9 Å². The maximum atomic E-state index is 11.1. The van der Waals surface area contributed by atoms with Crippen LogP contribution in [0, 0.1) is 5.92 Å². The van der Waals surface area contributed by atoms with Crippen molar-refractivity contribution in [2.24, 2.45) is 5.92 Å². The van der Waals surface area contributed by atoms with Crippen LogP contribution in [0.4, 0.5) is 0 Å². The number of hydrogen-bond acceptors (Lipinski definition) is 4. The molecule has 2 aliphatic heterocycles. The fraction of sp³-hybridized carbons (Fsp3) is 0.857. The minimum atomic E-state index is -0.152. The zero-order valence-corrected chi connectivity index (χ0v) is 6.46. The van der Waals surface area contributed by atoms with Gasteiger partial charge in [-0.1, -0.05) is 0 Å². The average Bonchev–Trinajstić information content (AvgIpc) is 2.02. The SMILES string of the molecule is COC(=O)[C@@H]1NNC2CC1C2. The number of fused-ring (bicyclic) bond motifs is 2. The van der Waals surface area contributed by atoms with Crippen LogP contribution in [0.25, 0.3) is 0 Å².